The summed E-state index contributed by atoms with van der Waals surface area (Å²) in [6.07, 6.45) is 4.37. The van der Waals surface area contributed by atoms with Crippen LogP contribution in [0.1, 0.15) is 32.6 Å². The average Bonchev–Trinajstić information content (AvgIpc) is 2.76. The van der Waals surface area contributed by atoms with Crippen molar-refractivity contribution in [1.82, 2.24) is 0 Å². The van der Waals surface area contributed by atoms with E-state index in [1.165, 1.54) is 0 Å². The van der Waals surface area contributed by atoms with E-state index in [1.807, 2.05) is 19.1 Å². The fraction of sp³-hybridized carbons (Fsp3) is 0.538. The Morgan fingerprint density at radius 3 is 2.69 bits per heavy atom. The molecular weight excluding hydrogens is 204 g/mol. The molecule has 1 aromatic heterocycles. The Morgan fingerprint density at radius 2 is 2.19 bits per heavy atom. The lowest BCUT2D eigenvalue weighted by atomic mass is 10.1. The van der Waals surface area contributed by atoms with Crippen LogP contribution in [-0.2, 0) is 4.74 Å². The van der Waals surface area contributed by atoms with E-state index in [4.69, 9.17) is 9.15 Å². The lowest BCUT2D eigenvalue weighted by Gasteiger charge is -2.18. The third-order valence-electron chi connectivity index (χ3n) is 2.19. The molecule has 0 amide bonds. The first-order valence-electron chi connectivity index (χ1n) is 5.66. The van der Waals surface area contributed by atoms with Gasteiger partial charge in [0.25, 0.3) is 0 Å². The predicted octanol–water partition coefficient (Wildman–Crippen LogP) is 2.93. The lowest BCUT2D eigenvalue weighted by molar-refractivity contribution is -0.0157. The molecule has 3 heteroatoms. The number of furan rings is 1. The third kappa shape index (κ3) is 3.83. The maximum Gasteiger partial charge on any atom is 0.141 e. The highest BCUT2D eigenvalue weighted by Gasteiger charge is 2.20. The van der Waals surface area contributed by atoms with Crippen LogP contribution >= 0.6 is 0 Å². The molecule has 0 saturated carbocycles. The first-order chi connectivity index (χ1) is 7.65. The second-order valence-corrected chi connectivity index (χ2v) is 4.01. The fourth-order valence-corrected chi connectivity index (χ4v) is 1.40. The molecule has 0 saturated heterocycles. The average molecular weight is 224 g/mol. The fourth-order valence-electron chi connectivity index (χ4n) is 1.40. The van der Waals surface area contributed by atoms with Crippen LogP contribution in [0.25, 0.3) is 0 Å². The van der Waals surface area contributed by atoms with E-state index in [0.29, 0.717) is 18.3 Å². The van der Waals surface area contributed by atoms with Gasteiger partial charge in [0, 0.05) is 6.61 Å². The molecule has 0 aliphatic carbocycles. The molecule has 1 heterocycles. The summed E-state index contributed by atoms with van der Waals surface area (Å²) in [5, 5.41) is 10.0. The Kier molecular flexibility index (Phi) is 5.29. The van der Waals surface area contributed by atoms with Gasteiger partial charge < -0.3 is 14.3 Å². The molecule has 1 aromatic rings. The largest absolute Gasteiger partial charge is 0.466 e. The number of rotatable bonds is 6. The number of aliphatic hydroxyl groups is 1. The highest BCUT2D eigenvalue weighted by atomic mass is 16.5. The molecule has 3 nitrogen and oxygen atoms in total. The number of hydrogen-bond donors (Lipinski definition) is 1. The zero-order valence-electron chi connectivity index (χ0n) is 10.1. The van der Waals surface area contributed by atoms with Crippen molar-refractivity contribution >= 4 is 0 Å². The molecule has 0 aliphatic rings. The molecule has 16 heavy (non-hydrogen) atoms. The summed E-state index contributed by atoms with van der Waals surface area (Å²) in [5.41, 5.74) is 0. The molecule has 90 valence electrons. The topological polar surface area (TPSA) is 42.6 Å². The van der Waals surface area contributed by atoms with Crippen LogP contribution < -0.4 is 0 Å². The van der Waals surface area contributed by atoms with Crippen molar-refractivity contribution < 1.29 is 14.3 Å². The van der Waals surface area contributed by atoms with Crippen molar-refractivity contribution in [2.75, 3.05) is 6.61 Å². The minimum Gasteiger partial charge on any atom is -0.466 e. The van der Waals surface area contributed by atoms with E-state index in [9.17, 15) is 5.11 Å². The lowest BCUT2D eigenvalue weighted by Crippen LogP contribution is -2.19. The molecule has 0 spiro atoms. The maximum absolute atomic E-state index is 10.0. The molecule has 0 aromatic carbocycles. The van der Waals surface area contributed by atoms with Crippen LogP contribution in [0.4, 0.5) is 0 Å². The van der Waals surface area contributed by atoms with Gasteiger partial charge in [0.2, 0.25) is 0 Å². The highest BCUT2D eigenvalue weighted by molar-refractivity contribution is 5.08. The van der Waals surface area contributed by atoms with E-state index in [2.05, 4.69) is 13.8 Å². The summed E-state index contributed by atoms with van der Waals surface area (Å²) >= 11 is 0. The van der Waals surface area contributed by atoms with Gasteiger partial charge in [0.1, 0.15) is 18.0 Å². The van der Waals surface area contributed by atoms with Gasteiger partial charge in [0.15, 0.2) is 0 Å². The molecule has 2 atom stereocenters. The smallest absolute Gasteiger partial charge is 0.141 e. The van der Waals surface area contributed by atoms with Gasteiger partial charge in [0.05, 0.1) is 6.26 Å². The van der Waals surface area contributed by atoms with E-state index in [1.54, 1.807) is 18.4 Å². The molecule has 0 unspecified atom stereocenters. The summed E-state index contributed by atoms with van der Waals surface area (Å²) in [7, 11) is 0. The standard InChI is InChI=1S/C13H20O3/c1-4-15-12(8-7-10(2)3)13(14)11-6-5-9-16-11/h5-10,12-14H,4H2,1-3H3/b8-7+/t12-,13-/m0/s1. The number of ether oxygens (including phenoxy) is 1. The minimum absolute atomic E-state index is 0.349. The van der Waals surface area contributed by atoms with Crippen molar-refractivity contribution in [3.63, 3.8) is 0 Å². The number of aliphatic hydroxyl groups excluding tert-OH is 1. The van der Waals surface area contributed by atoms with Gasteiger partial charge in [-0.15, -0.1) is 0 Å². The van der Waals surface area contributed by atoms with Crippen LogP contribution in [0.5, 0.6) is 0 Å². The second-order valence-electron chi connectivity index (χ2n) is 4.01. The summed E-state index contributed by atoms with van der Waals surface area (Å²) in [4.78, 5) is 0. The Labute approximate surface area is 96.7 Å². The number of hydrogen-bond acceptors (Lipinski definition) is 3. The zero-order chi connectivity index (χ0) is 12.0. The molecule has 0 fully saturated rings. The molecular formula is C13H20O3. The van der Waals surface area contributed by atoms with Crippen molar-refractivity contribution in [3.05, 3.63) is 36.3 Å². The summed E-state index contributed by atoms with van der Waals surface area (Å²) in [6, 6.07) is 3.51. The summed E-state index contributed by atoms with van der Waals surface area (Å²) < 4.78 is 10.6. The van der Waals surface area contributed by atoms with E-state index < -0.39 is 6.10 Å². The predicted molar refractivity (Wildman–Crippen MR) is 63.1 cm³/mol. The van der Waals surface area contributed by atoms with Gasteiger partial charge in [-0.25, -0.2) is 0 Å². The van der Waals surface area contributed by atoms with Crippen LogP contribution in [0.3, 0.4) is 0 Å². The SMILES string of the molecule is CCO[C@@H](/C=C/C(C)C)[C@@H](O)c1ccco1. The summed E-state index contributed by atoms with van der Waals surface area (Å²) in [5.74, 6) is 0.971. The third-order valence-corrected chi connectivity index (χ3v) is 2.19. The Hall–Kier alpha value is -1.06. The monoisotopic (exact) mass is 224 g/mol. The van der Waals surface area contributed by atoms with Crippen LogP contribution in [0.15, 0.2) is 35.0 Å². The van der Waals surface area contributed by atoms with Crippen LogP contribution in [0.2, 0.25) is 0 Å². The van der Waals surface area contributed by atoms with Crippen LogP contribution in [0, 0.1) is 5.92 Å². The Bertz CT molecular complexity index is 301. The van der Waals surface area contributed by atoms with Gasteiger partial charge in [-0.2, -0.15) is 0 Å². The highest BCUT2D eigenvalue weighted by Crippen LogP contribution is 2.21. The van der Waals surface area contributed by atoms with Crippen molar-refractivity contribution in [3.8, 4) is 0 Å². The number of allylic oxidation sites excluding steroid dienone is 1. The van der Waals surface area contributed by atoms with Crippen molar-refractivity contribution in [1.29, 1.82) is 0 Å². The first kappa shape index (κ1) is 13.0. The van der Waals surface area contributed by atoms with Gasteiger partial charge in [-0.3, -0.25) is 0 Å². The van der Waals surface area contributed by atoms with E-state index in [-0.39, 0.29) is 6.10 Å². The Balaban J connectivity index is 2.69. The normalized spacial score (nSPS) is 15.8. The minimum atomic E-state index is -0.745. The summed E-state index contributed by atoms with van der Waals surface area (Å²) in [6.45, 7) is 6.63. The van der Waals surface area contributed by atoms with E-state index in [0.717, 1.165) is 0 Å². The Morgan fingerprint density at radius 1 is 1.44 bits per heavy atom. The molecule has 0 bridgehead atoms. The first-order valence-corrected chi connectivity index (χ1v) is 5.66. The molecule has 0 aliphatic heterocycles. The second kappa shape index (κ2) is 6.51. The molecule has 1 rings (SSSR count). The van der Waals surface area contributed by atoms with Crippen molar-refractivity contribution in [2.45, 2.75) is 33.0 Å². The van der Waals surface area contributed by atoms with Crippen LogP contribution in [-0.4, -0.2) is 17.8 Å². The van der Waals surface area contributed by atoms with Gasteiger partial charge >= 0.3 is 0 Å². The molecule has 0 radical (unpaired) electrons. The quantitative estimate of drug-likeness (QED) is 0.755. The van der Waals surface area contributed by atoms with E-state index >= 15 is 0 Å². The van der Waals surface area contributed by atoms with Gasteiger partial charge in [-0.05, 0) is 25.0 Å². The maximum atomic E-state index is 10.0. The molecule has 1 N–H and O–H groups in total. The zero-order valence-corrected chi connectivity index (χ0v) is 10.1. The van der Waals surface area contributed by atoms with Crippen molar-refractivity contribution in [2.24, 2.45) is 5.92 Å². The van der Waals surface area contributed by atoms with Gasteiger partial charge in [-0.1, -0.05) is 26.0 Å².